The van der Waals surface area contributed by atoms with Gasteiger partial charge < -0.3 is 15.6 Å². The van der Waals surface area contributed by atoms with E-state index in [0.29, 0.717) is 28.2 Å². The summed E-state index contributed by atoms with van der Waals surface area (Å²) in [5.74, 6) is 0.823. The standard InChI is InChI=1S/C20H14N6O2S2/c21-9-13-8-15(19(27)23-14-4-2-1-3-5-14)17(22)25-20(13)30-11-16-24-18(26-28-16)12-6-7-29-10-12/h1-8,10H,11H2,(H2,22,25)(H,23,27). The first-order valence-electron chi connectivity index (χ1n) is 8.69. The highest BCUT2D eigenvalue weighted by molar-refractivity contribution is 7.98. The highest BCUT2D eigenvalue weighted by Crippen LogP contribution is 2.28. The van der Waals surface area contributed by atoms with Crippen LogP contribution in [0.2, 0.25) is 0 Å². The molecule has 0 aliphatic heterocycles. The molecule has 0 bridgehead atoms. The molecule has 3 N–H and O–H groups in total. The Morgan fingerprint density at radius 2 is 2.10 bits per heavy atom. The van der Waals surface area contributed by atoms with Gasteiger partial charge >= 0.3 is 0 Å². The van der Waals surface area contributed by atoms with Gasteiger partial charge in [-0.05, 0) is 29.6 Å². The van der Waals surface area contributed by atoms with Crippen LogP contribution in [0.1, 0.15) is 21.8 Å². The summed E-state index contributed by atoms with van der Waals surface area (Å²) in [6.45, 7) is 0. The summed E-state index contributed by atoms with van der Waals surface area (Å²) in [5, 5.41) is 20.4. The Hall–Kier alpha value is -3.68. The molecule has 0 aliphatic rings. The monoisotopic (exact) mass is 434 g/mol. The summed E-state index contributed by atoms with van der Waals surface area (Å²) in [6.07, 6.45) is 0. The number of nitrogens with zero attached hydrogens (tertiary/aromatic N) is 4. The van der Waals surface area contributed by atoms with Crippen molar-refractivity contribution >= 4 is 40.5 Å². The van der Waals surface area contributed by atoms with E-state index in [1.165, 1.54) is 17.8 Å². The Bertz CT molecular complexity index is 1220. The topological polar surface area (TPSA) is 131 Å². The molecular formula is C20H14N6O2S2. The number of benzene rings is 1. The lowest BCUT2D eigenvalue weighted by Crippen LogP contribution is -2.15. The van der Waals surface area contributed by atoms with E-state index in [-0.39, 0.29) is 16.9 Å². The molecule has 148 valence electrons. The fourth-order valence-electron chi connectivity index (χ4n) is 2.55. The minimum Gasteiger partial charge on any atom is -0.383 e. The second-order valence-electron chi connectivity index (χ2n) is 6.02. The lowest BCUT2D eigenvalue weighted by Gasteiger charge is -2.09. The third-order valence-corrected chi connectivity index (χ3v) is 5.65. The number of nitrogens with two attached hydrogens (primary N) is 1. The van der Waals surface area contributed by atoms with Gasteiger partial charge in [0.05, 0.1) is 16.9 Å². The van der Waals surface area contributed by atoms with Crippen molar-refractivity contribution in [1.29, 1.82) is 5.26 Å². The van der Waals surface area contributed by atoms with Crippen LogP contribution in [0.25, 0.3) is 11.4 Å². The van der Waals surface area contributed by atoms with E-state index in [1.54, 1.807) is 35.6 Å². The molecule has 4 aromatic rings. The number of carbonyl (C=O) groups is 1. The van der Waals surface area contributed by atoms with Crippen molar-refractivity contribution in [3.63, 3.8) is 0 Å². The molecule has 1 amide bonds. The molecule has 0 atom stereocenters. The van der Waals surface area contributed by atoms with Gasteiger partial charge in [-0.25, -0.2) is 4.98 Å². The first-order chi connectivity index (χ1) is 14.6. The van der Waals surface area contributed by atoms with Crippen LogP contribution >= 0.6 is 23.1 Å². The number of hydrogen-bond acceptors (Lipinski definition) is 9. The lowest BCUT2D eigenvalue weighted by molar-refractivity contribution is 0.102. The van der Waals surface area contributed by atoms with Crippen molar-refractivity contribution in [2.75, 3.05) is 11.1 Å². The summed E-state index contributed by atoms with van der Waals surface area (Å²) < 4.78 is 5.26. The Labute approximate surface area is 179 Å². The second-order valence-corrected chi connectivity index (χ2v) is 7.76. The number of thiophene rings is 1. The van der Waals surface area contributed by atoms with E-state index in [1.807, 2.05) is 22.9 Å². The van der Waals surface area contributed by atoms with Gasteiger partial charge in [0.25, 0.3) is 5.91 Å². The summed E-state index contributed by atoms with van der Waals surface area (Å²) in [7, 11) is 0. The third kappa shape index (κ3) is 4.32. The van der Waals surface area contributed by atoms with E-state index < -0.39 is 5.91 Å². The molecule has 0 radical (unpaired) electrons. The van der Waals surface area contributed by atoms with E-state index in [9.17, 15) is 10.1 Å². The summed E-state index contributed by atoms with van der Waals surface area (Å²) in [4.78, 5) is 21.1. The average Bonchev–Trinajstić information content (AvgIpc) is 3.45. The molecular weight excluding hydrogens is 420 g/mol. The number of nitrogen functional groups attached to an aromatic ring is 1. The lowest BCUT2D eigenvalue weighted by atomic mass is 10.2. The Morgan fingerprint density at radius 1 is 1.27 bits per heavy atom. The highest BCUT2D eigenvalue weighted by atomic mass is 32.2. The van der Waals surface area contributed by atoms with Gasteiger partial charge in [-0.1, -0.05) is 35.1 Å². The van der Waals surface area contributed by atoms with Crippen molar-refractivity contribution in [3.05, 3.63) is 70.2 Å². The van der Waals surface area contributed by atoms with Gasteiger partial charge in [-0.3, -0.25) is 4.79 Å². The third-order valence-electron chi connectivity index (χ3n) is 3.99. The maximum Gasteiger partial charge on any atom is 0.259 e. The number of nitriles is 1. The molecule has 0 fully saturated rings. The average molecular weight is 435 g/mol. The van der Waals surface area contributed by atoms with E-state index in [0.717, 1.165) is 5.56 Å². The number of amides is 1. The number of rotatable bonds is 6. The Balaban J connectivity index is 1.50. The molecule has 0 saturated carbocycles. The molecule has 3 heterocycles. The van der Waals surface area contributed by atoms with E-state index >= 15 is 0 Å². The van der Waals surface area contributed by atoms with Crippen LogP contribution in [0.4, 0.5) is 11.5 Å². The fourth-order valence-corrected chi connectivity index (χ4v) is 3.99. The molecule has 10 heteroatoms. The predicted octanol–water partition coefficient (Wildman–Crippen LogP) is 4.19. The summed E-state index contributed by atoms with van der Waals surface area (Å²) in [5.41, 5.74) is 7.87. The number of pyridine rings is 1. The van der Waals surface area contributed by atoms with Crippen LogP contribution in [0, 0.1) is 11.3 Å². The molecule has 1 aromatic carbocycles. The Morgan fingerprint density at radius 3 is 2.83 bits per heavy atom. The van der Waals surface area contributed by atoms with E-state index in [4.69, 9.17) is 10.3 Å². The van der Waals surface area contributed by atoms with Gasteiger partial charge in [-0.2, -0.15) is 21.6 Å². The van der Waals surface area contributed by atoms with Crippen LogP contribution in [-0.2, 0) is 5.75 Å². The maximum absolute atomic E-state index is 12.5. The minimum atomic E-state index is -0.434. The smallest absolute Gasteiger partial charge is 0.259 e. The maximum atomic E-state index is 12.5. The van der Waals surface area contributed by atoms with Crippen molar-refractivity contribution in [2.24, 2.45) is 0 Å². The van der Waals surface area contributed by atoms with Crippen LogP contribution in [-0.4, -0.2) is 21.0 Å². The number of carbonyl (C=O) groups excluding carboxylic acids is 1. The molecule has 0 unspecified atom stereocenters. The molecule has 4 rings (SSSR count). The fraction of sp³-hybridized carbons (Fsp3) is 0.0500. The highest BCUT2D eigenvalue weighted by Gasteiger charge is 2.18. The van der Waals surface area contributed by atoms with Crippen LogP contribution in [0.5, 0.6) is 0 Å². The molecule has 8 nitrogen and oxygen atoms in total. The number of nitrogens with one attached hydrogen (secondary N) is 1. The van der Waals surface area contributed by atoms with Crippen molar-refractivity contribution in [1.82, 2.24) is 15.1 Å². The molecule has 3 aromatic heterocycles. The molecule has 30 heavy (non-hydrogen) atoms. The summed E-state index contributed by atoms with van der Waals surface area (Å²) in [6, 6.07) is 14.4. The predicted molar refractivity (Wildman–Crippen MR) is 115 cm³/mol. The Kier molecular flexibility index (Phi) is 5.74. The first-order valence-corrected chi connectivity index (χ1v) is 10.6. The van der Waals surface area contributed by atoms with Crippen molar-refractivity contribution in [2.45, 2.75) is 10.8 Å². The summed E-state index contributed by atoms with van der Waals surface area (Å²) >= 11 is 2.78. The van der Waals surface area contributed by atoms with Gasteiger partial charge in [0.2, 0.25) is 11.7 Å². The quantitative estimate of drug-likeness (QED) is 0.432. The number of aromatic nitrogens is 3. The van der Waals surface area contributed by atoms with Gasteiger partial charge in [-0.15, -0.1) is 0 Å². The first kappa shape index (κ1) is 19.6. The minimum absolute atomic E-state index is 0.0365. The SMILES string of the molecule is N#Cc1cc(C(=O)Nc2ccccc2)c(N)nc1SCc1nc(-c2ccsc2)no1. The second kappa shape index (κ2) is 8.77. The number of thioether (sulfide) groups is 1. The van der Waals surface area contributed by atoms with E-state index in [2.05, 4.69) is 26.5 Å². The van der Waals surface area contributed by atoms with Crippen LogP contribution in [0.3, 0.4) is 0 Å². The number of para-hydroxylation sites is 1. The zero-order chi connectivity index (χ0) is 20.9. The van der Waals surface area contributed by atoms with Crippen molar-refractivity contribution < 1.29 is 9.32 Å². The number of anilines is 2. The van der Waals surface area contributed by atoms with Gasteiger partial charge in [0.15, 0.2) is 0 Å². The van der Waals surface area contributed by atoms with Crippen LogP contribution in [0.15, 0.2) is 62.8 Å². The zero-order valence-electron chi connectivity index (χ0n) is 15.4. The largest absolute Gasteiger partial charge is 0.383 e. The van der Waals surface area contributed by atoms with Crippen molar-refractivity contribution in [3.8, 4) is 17.5 Å². The zero-order valence-corrected chi connectivity index (χ0v) is 17.0. The van der Waals surface area contributed by atoms with Gasteiger partial charge in [0, 0.05) is 16.6 Å². The molecule has 0 aliphatic carbocycles. The molecule has 0 saturated heterocycles. The normalized spacial score (nSPS) is 10.5. The number of hydrogen-bond donors (Lipinski definition) is 2. The van der Waals surface area contributed by atoms with Crippen LogP contribution < -0.4 is 11.1 Å². The molecule has 0 spiro atoms. The van der Waals surface area contributed by atoms with Gasteiger partial charge in [0.1, 0.15) is 16.9 Å².